The highest BCUT2D eigenvalue weighted by molar-refractivity contribution is 6.04. The number of imidazole rings is 2. The van der Waals surface area contributed by atoms with E-state index in [1.807, 2.05) is 24.3 Å². The lowest BCUT2D eigenvalue weighted by molar-refractivity contribution is 0.255. The zero-order valence-corrected chi connectivity index (χ0v) is 10.6. The Hall–Kier alpha value is -2.83. The summed E-state index contributed by atoms with van der Waals surface area (Å²) in [7, 11) is 0. The highest BCUT2D eigenvalue weighted by atomic mass is 16.2. The first kappa shape index (κ1) is 11.0. The van der Waals surface area contributed by atoms with E-state index in [0.29, 0.717) is 25.0 Å². The largest absolute Gasteiger partial charge is 0.333 e. The van der Waals surface area contributed by atoms with Gasteiger partial charge >= 0.3 is 6.03 Å². The number of aromatic amines is 2. The molecule has 1 saturated heterocycles. The zero-order valence-electron chi connectivity index (χ0n) is 10.6. The molecule has 1 aliphatic rings. The van der Waals surface area contributed by atoms with Crippen LogP contribution < -0.4 is 9.80 Å². The van der Waals surface area contributed by atoms with E-state index in [-0.39, 0.29) is 6.03 Å². The van der Waals surface area contributed by atoms with Crippen LogP contribution in [0.2, 0.25) is 0 Å². The number of anilines is 2. The normalized spacial score (nSPS) is 15.5. The molecule has 0 unspecified atom stereocenters. The summed E-state index contributed by atoms with van der Waals surface area (Å²) >= 11 is 0. The number of amides is 2. The number of benzene rings is 1. The number of nitrogens with one attached hydrogen (secondary N) is 2. The number of urea groups is 1. The van der Waals surface area contributed by atoms with Crippen LogP contribution in [0.3, 0.4) is 0 Å². The number of carbonyl (C=O) groups is 1. The van der Waals surface area contributed by atoms with Crippen LogP contribution in [0.1, 0.15) is 0 Å². The molecule has 100 valence electrons. The Morgan fingerprint density at radius 1 is 1.10 bits per heavy atom. The minimum Gasteiger partial charge on any atom is -0.331 e. The second-order valence-electron chi connectivity index (χ2n) is 4.58. The maximum absolute atomic E-state index is 12.4. The fraction of sp³-hybridized carbons (Fsp3) is 0.154. The average Bonchev–Trinajstić information content (AvgIpc) is 3.16. The van der Waals surface area contributed by atoms with Crippen LogP contribution in [0.4, 0.5) is 16.7 Å². The molecule has 1 fully saturated rings. The lowest BCUT2D eigenvalue weighted by Crippen LogP contribution is -2.32. The summed E-state index contributed by atoms with van der Waals surface area (Å²) in [6, 6.07) is 7.59. The van der Waals surface area contributed by atoms with Crippen LogP contribution in [0.25, 0.3) is 11.0 Å². The van der Waals surface area contributed by atoms with Gasteiger partial charge in [0.2, 0.25) is 11.9 Å². The van der Waals surface area contributed by atoms with E-state index in [4.69, 9.17) is 0 Å². The predicted octanol–water partition coefficient (Wildman–Crippen LogP) is 1.73. The van der Waals surface area contributed by atoms with Gasteiger partial charge in [0.15, 0.2) is 0 Å². The Balaban J connectivity index is 1.68. The number of rotatable bonds is 2. The molecule has 0 saturated carbocycles. The number of H-pyrrole nitrogens is 2. The van der Waals surface area contributed by atoms with Crippen LogP contribution in [0.5, 0.6) is 0 Å². The lowest BCUT2D eigenvalue weighted by atomic mass is 10.3. The molecular formula is C13H12N6O. The van der Waals surface area contributed by atoms with Crippen molar-refractivity contribution in [2.75, 3.05) is 22.9 Å². The summed E-state index contributed by atoms with van der Waals surface area (Å²) in [5, 5.41) is 0. The number of hydrogen-bond acceptors (Lipinski definition) is 3. The summed E-state index contributed by atoms with van der Waals surface area (Å²) in [5.41, 5.74) is 1.78. The monoisotopic (exact) mass is 268 g/mol. The van der Waals surface area contributed by atoms with E-state index >= 15 is 0 Å². The smallest absolute Gasteiger partial charge is 0.331 e. The predicted molar refractivity (Wildman–Crippen MR) is 74.8 cm³/mol. The van der Waals surface area contributed by atoms with Crippen molar-refractivity contribution in [3.05, 3.63) is 36.7 Å². The molecule has 0 bridgehead atoms. The summed E-state index contributed by atoms with van der Waals surface area (Å²) < 4.78 is 0. The fourth-order valence-corrected chi connectivity index (χ4v) is 2.40. The van der Waals surface area contributed by atoms with Crippen molar-refractivity contribution in [1.29, 1.82) is 0 Å². The molecule has 0 atom stereocenters. The molecule has 20 heavy (non-hydrogen) atoms. The van der Waals surface area contributed by atoms with Crippen molar-refractivity contribution in [1.82, 2.24) is 19.9 Å². The van der Waals surface area contributed by atoms with Crippen LogP contribution in [-0.4, -0.2) is 39.1 Å². The third-order valence-corrected chi connectivity index (χ3v) is 3.38. The second-order valence-corrected chi connectivity index (χ2v) is 4.58. The summed E-state index contributed by atoms with van der Waals surface area (Å²) in [6.45, 7) is 1.17. The first-order chi connectivity index (χ1) is 9.83. The minimum atomic E-state index is -0.126. The van der Waals surface area contributed by atoms with Gasteiger partial charge in [-0.05, 0) is 12.1 Å². The maximum atomic E-state index is 12.4. The summed E-state index contributed by atoms with van der Waals surface area (Å²) in [5.74, 6) is 1.14. The number of hydrogen-bond donors (Lipinski definition) is 2. The molecule has 3 aromatic rings. The topological polar surface area (TPSA) is 80.9 Å². The molecule has 0 spiro atoms. The van der Waals surface area contributed by atoms with Gasteiger partial charge in [-0.1, -0.05) is 12.1 Å². The molecule has 1 aromatic carbocycles. The van der Waals surface area contributed by atoms with Crippen LogP contribution in [0.15, 0.2) is 36.7 Å². The van der Waals surface area contributed by atoms with E-state index in [0.717, 1.165) is 11.0 Å². The average molecular weight is 268 g/mol. The SMILES string of the molecule is O=C1N(c2ncc[nH]2)CCN1c1nc2ccccc2[nH]1. The van der Waals surface area contributed by atoms with Gasteiger partial charge in [0.25, 0.3) is 0 Å². The van der Waals surface area contributed by atoms with Crippen LogP contribution in [-0.2, 0) is 0 Å². The van der Waals surface area contributed by atoms with Crippen molar-refractivity contribution >= 4 is 29.0 Å². The number of nitrogens with zero attached hydrogens (tertiary/aromatic N) is 4. The highest BCUT2D eigenvalue weighted by Gasteiger charge is 2.33. The Bertz CT molecular complexity index is 729. The standard InChI is InChI=1S/C13H12N6O/c20-13-18(11-14-5-6-15-11)7-8-19(13)12-16-9-3-1-2-4-10(9)17-12/h1-6H,7-8H2,(H,14,15)(H,16,17). The van der Waals surface area contributed by atoms with Gasteiger partial charge in [-0.15, -0.1) is 0 Å². The quantitative estimate of drug-likeness (QED) is 0.742. The lowest BCUT2D eigenvalue weighted by Gasteiger charge is -2.14. The molecule has 3 heterocycles. The van der Waals surface area contributed by atoms with Crippen molar-refractivity contribution in [3.63, 3.8) is 0 Å². The van der Waals surface area contributed by atoms with Gasteiger partial charge in [0.05, 0.1) is 11.0 Å². The summed E-state index contributed by atoms with van der Waals surface area (Å²) in [6.07, 6.45) is 3.33. The Morgan fingerprint density at radius 2 is 1.90 bits per heavy atom. The summed E-state index contributed by atoms with van der Waals surface area (Å²) in [4.78, 5) is 30.3. The van der Waals surface area contributed by atoms with Gasteiger partial charge in [-0.25, -0.2) is 14.8 Å². The molecule has 7 heteroatoms. The van der Waals surface area contributed by atoms with Crippen molar-refractivity contribution in [2.24, 2.45) is 0 Å². The maximum Gasteiger partial charge on any atom is 0.333 e. The van der Waals surface area contributed by atoms with Gasteiger partial charge in [-0.3, -0.25) is 9.80 Å². The minimum absolute atomic E-state index is 0.126. The Morgan fingerprint density at radius 3 is 2.65 bits per heavy atom. The van der Waals surface area contributed by atoms with Gasteiger partial charge in [-0.2, -0.15) is 0 Å². The third-order valence-electron chi connectivity index (χ3n) is 3.38. The number of fused-ring (bicyclic) bond motifs is 1. The molecule has 7 nitrogen and oxygen atoms in total. The van der Waals surface area contributed by atoms with E-state index in [9.17, 15) is 4.79 Å². The number of carbonyl (C=O) groups excluding carboxylic acids is 1. The van der Waals surface area contributed by atoms with Crippen LogP contribution >= 0.6 is 0 Å². The van der Waals surface area contributed by atoms with Crippen molar-refractivity contribution in [2.45, 2.75) is 0 Å². The molecule has 0 aliphatic carbocycles. The molecule has 0 radical (unpaired) electrons. The van der Waals surface area contributed by atoms with E-state index in [1.54, 1.807) is 22.2 Å². The Kier molecular flexibility index (Phi) is 2.26. The first-order valence-electron chi connectivity index (χ1n) is 6.36. The van der Waals surface area contributed by atoms with E-state index in [2.05, 4.69) is 19.9 Å². The molecule has 2 aromatic heterocycles. The molecular weight excluding hydrogens is 256 g/mol. The second kappa shape index (κ2) is 4.09. The fourth-order valence-electron chi connectivity index (χ4n) is 2.40. The van der Waals surface area contributed by atoms with Crippen molar-refractivity contribution in [3.8, 4) is 0 Å². The highest BCUT2D eigenvalue weighted by Crippen LogP contribution is 2.22. The number of aromatic nitrogens is 4. The van der Waals surface area contributed by atoms with E-state index in [1.165, 1.54) is 0 Å². The Labute approximate surface area is 114 Å². The number of para-hydroxylation sites is 2. The van der Waals surface area contributed by atoms with Crippen molar-refractivity contribution < 1.29 is 4.79 Å². The van der Waals surface area contributed by atoms with E-state index < -0.39 is 0 Å². The van der Waals surface area contributed by atoms with Crippen LogP contribution in [0, 0.1) is 0 Å². The zero-order chi connectivity index (χ0) is 13.5. The molecule has 4 rings (SSSR count). The molecule has 1 aliphatic heterocycles. The van der Waals surface area contributed by atoms with Gasteiger partial charge in [0, 0.05) is 25.5 Å². The molecule has 2 amide bonds. The van der Waals surface area contributed by atoms with Gasteiger partial charge < -0.3 is 9.97 Å². The first-order valence-corrected chi connectivity index (χ1v) is 6.36. The molecule has 2 N–H and O–H groups in total. The third kappa shape index (κ3) is 1.56. The van der Waals surface area contributed by atoms with Gasteiger partial charge in [0.1, 0.15) is 0 Å².